The molecular formula is C8H12F2IN3. The van der Waals surface area contributed by atoms with E-state index in [1.54, 1.807) is 4.90 Å². The van der Waals surface area contributed by atoms with Crippen molar-refractivity contribution in [1.82, 2.24) is 10.2 Å². The van der Waals surface area contributed by atoms with Gasteiger partial charge in [-0.15, -0.1) is 24.0 Å². The summed E-state index contributed by atoms with van der Waals surface area (Å²) in [5, 5.41) is 2.95. The molecule has 0 aromatic heterocycles. The lowest BCUT2D eigenvalue weighted by atomic mass is 10.1. The van der Waals surface area contributed by atoms with E-state index in [0.29, 0.717) is 19.0 Å². The van der Waals surface area contributed by atoms with E-state index in [1.165, 1.54) is 0 Å². The summed E-state index contributed by atoms with van der Waals surface area (Å²) in [4.78, 5) is 5.64. The summed E-state index contributed by atoms with van der Waals surface area (Å²) < 4.78 is 25.0. The molecule has 0 bridgehead atoms. The molecule has 3 nitrogen and oxygen atoms in total. The first-order chi connectivity index (χ1) is 6.07. The number of alkyl halides is 2. The number of likely N-dealkylation sites (tertiary alicyclic amines) is 1. The average Bonchev–Trinajstić information content (AvgIpc) is 2.01. The number of aliphatic imine (C=N–C) groups is 1. The quantitative estimate of drug-likeness (QED) is 0.535. The second-order valence-corrected chi connectivity index (χ2v) is 3.46. The van der Waals surface area contributed by atoms with Gasteiger partial charge in [-0.1, -0.05) is 6.58 Å². The Balaban J connectivity index is 0.000000980. The van der Waals surface area contributed by atoms with Gasteiger partial charge in [-0.25, -0.2) is 13.8 Å². The van der Waals surface area contributed by atoms with Gasteiger partial charge in [-0.05, 0) is 5.57 Å². The van der Waals surface area contributed by atoms with Crippen LogP contribution in [0.2, 0.25) is 0 Å². The highest BCUT2D eigenvalue weighted by Gasteiger charge is 2.45. The van der Waals surface area contributed by atoms with Crippen molar-refractivity contribution in [3.63, 3.8) is 0 Å². The summed E-state index contributed by atoms with van der Waals surface area (Å²) in [5.41, 5.74) is 0.982. The molecule has 0 aliphatic carbocycles. The number of hydrogen-bond acceptors (Lipinski definition) is 3. The lowest BCUT2D eigenvalue weighted by molar-refractivity contribution is -0.102. The van der Waals surface area contributed by atoms with Crippen LogP contribution in [0.3, 0.4) is 0 Å². The van der Waals surface area contributed by atoms with E-state index in [4.69, 9.17) is 0 Å². The standard InChI is InChI=1S/C8H11F2N3.HI/c1-6-2-11-7(12-3-6)13-4-8(9,10)5-13;/h1-5H2,(H,11,12);1H. The number of nitrogens with zero attached hydrogens (tertiary/aromatic N) is 2. The zero-order chi connectivity index (χ0) is 9.47. The minimum atomic E-state index is -2.53. The maximum atomic E-state index is 12.5. The van der Waals surface area contributed by atoms with E-state index in [0.717, 1.165) is 5.57 Å². The molecule has 0 unspecified atom stereocenters. The highest BCUT2D eigenvalue weighted by atomic mass is 127. The summed E-state index contributed by atoms with van der Waals surface area (Å²) in [5.74, 6) is -1.95. The molecule has 0 amide bonds. The fourth-order valence-electron chi connectivity index (χ4n) is 1.38. The van der Waals surface area contributed by atoms with E-state index >= 15 is 0 Å². The lowest BCUT2D eigenvalue weighted by Crippen LogP contribution is -2.62. The summed E-state index contributed by atoms with van der Waals surface area (Å²) >= 11 is 0. The van der Waals surface area contributed by atoms with Crippen LogP contribution in [-0.4, -0.2) is 43.0 Å². The maximum Gasteiger partial charge on any atom is 0.282 e. The molecule has 0 spiro atoms. The third-order valence-electron chi connectivity index (χ3n) is 2.09. The largest absolute Gasteiger partial charge is 0.352 e. The van der Waals surface area contributed by atoms with Gasteiger partial charge in [0.25, 0.3) is 5.92 Å². The second kappa shape index (κ2) is 4.00. The van der Waals surface area contributed by atoms with Gasteiger partial charge in [0.2, 0.25) is 0 Å². The number of nitrogens with one attached hydrogen (secondary N) is 1. The molecular weight excluding hydrogens is 303 g/mol. The predicted molar refractivity (Wildman–Crippen MR) is 61.4 cm³/mol. The van der Waals surface area contributed by atoms with Crippen molar-refractivity contribution < 1.29 is 8.78 Å². The van der Waals surface area contributed by atoms with Crippen LogP contribution in [0.1, 0.15) is 0 Å². The molecule has 6 heteroatoms. The Hall–Kier alpha value is -0.400. The highest BCUT2D eigenvalue weighted by molar-refractivity contribution is 14.0. The molecule has 2 aliphatic rings. The van der Waals surface area contributed by atoms with Crippen LogP contribution in [0.15, 0.2) is 17.1 Å². The van der Waals surface area contributed by atoms with Gasteiger partial charge < -0.3 is 10.2 Å². The van der Waals surface area contributed by atoms with E-state index in [9.17, 15) is 8.78 Å². The van der Waals surface area contributed by atoms with Gasteiger partial charge in [-0.3, -0.25) is 0 Å². The van der Waals surface area contributed by atoms with Crippen molar-refractivity contribution >= 4 is 29.9 Å². The Labute approximate surface area is 98.3 Å². The van der Waals surface area contributed by atoms with Gasteiger partial charge in [0.15, 0.2) is 5.96 Å². The number of guanidine groups is 1. The predicted octanol–water partition coefficient (Wildman–Crippen LogP) is 1.07. The molecule has 0 aromatic carbocycles. The number of hydrogen-bond donors (Lipinski definition) is 1. The summed E-state index contributed by atoms with van der Waals surface area (Å²) in [6, 6.07) is 0. The lowest BCUT2D eigenvalue weighted by Gasteiger charge is -2.41. The Morgan fingerprint density at radius 1 is 1.43 bits per heavy atom. The van der Waals surface area contributed by atoms with E-state index in [-0.39, 0.29) is 37.1 Å². The highest BCUT2D eigenvalue weighted by Crippen LogP contribution is 2.26. The van der Waals surface area contributed by atoms with E-state index in [1.807, 2.05) is 0 Å². The van der Waals surface area contributed by atoms with Gasteiger partial charge >= 0.3 is 0 Å². The van der Waals surface area contributed by atoms with Gasteiger partial charge in [-0.2, -0.15) is 0 Å². The molecule has 1 N–H and O–H groups in total. The summed E-state index contributed by atoms with van der Waals surface area (Å²) in [6.45, 7) is 4.50. The minimum absolute atomic E-state index is 0. The van der Waals surface area contributed by atoms with Crippen molar-refractivity contribution in [2.45, 2.75) is 5.92 Å². The van der Waals surface area contributed by atoms with Crippen LogP contribution in [0.25, 0.3) is 0 Å². The molecule has 2 rings (SSSR count). The minimum Gasteiger partial charge on any atom is -0.352 e. The molecule has 0 radical (unpaired) electrons. The fraction of sp³-hybridized carbons (Fsp3) is 0.625. The first-order valence-corrected chi connectivity index (χ1v) is 4.15. The zero-order valence-electron chi connectivity index (χ0n) is 7.59. The summed E-state index contributed by atoms with van der Waals surface area (Å²) in [6.07, 6.45) is 0. The van der Waals surface area contributed by atoms with Crippen LogP contribution >= 0.6 is 24.0 Å². The maximum absolute atomic E-state index is 12.5. The van der Waals surface area contributed by atoms with Crippen LogP contribution in [0, 0.1) is 0 Å². The molecule has 80 valence electrons. The SMILES string of the molecule is C=C1CN=C(N2CC(F)(F)C2)NC1.I. The Morgan fingerprint density at radius 2 is 2.07 bits per heavy atom. The number of rotatable bonds is 0. The van der Waals surface area contributed by atoms with Crippen LogP contribution in [0.4, 0.5) is 8.78 Å². The van der Waals surface area contributed by atoms with Crippen molar-refractivity contribution in [1.29, 1.82) is 0 Å². The molecule has 2 aliphatic heterocycles. The van der Waals surface area contributed by atoms with Crippen LogP contribution < -0.4 is 5.32 Å². The Bertz CT molecular complexity index is 270. The van der Waals surface area contributed by atoms with Crippen molar-refractivity contribution in [2.75, 3.05) is 26.2 Å². The van der Waals surface area contributed by atoms with Gasteiger partial charge in [0, 0.05) is 6.54 Å². The van der Waals surface area contributed by atoms with Crippen molar-refractivity contribution in [3.8, 4) is 0 Å². The molecule has 0 saturated carbocycles. The molecule has 14 heavy (non-hydrogen) atoms. The summed E-state index contributed by atoms with van der Waals surface area (Å²) in [7, 11) is 0. The number of halogens is 3. The Kier molecular flexibility index (Phi) is 3.33. The Morgan fingerprint density at radius 3 is 2.50 bits per heavy atom. The smallest absolute Gasteiger partial charge is 0.282 e. The molecule has 1 fully saturated rings. The van der Waals surface area contributed by atoms with Gasteiger partial charge in [0.1, 0.15) is 0 Å². The molecule has 2 heterocycles. The monoisotopic (exact) mass is 315 g/mol. The second-order valence-electron chi connectivity index (χ2n) is 3.46. The average molecular weight is 315 g/mol. The van der Waals surface area contributed by atoms with Crippen LogP contribution in [0.5, 0.6) is 0 Å². The third-order valence-corrected chi connectivity index (χ3v) is 2.09. The first kappa shape index (κ1) is 11.7. The van der Waals surface area contributed by atoms with E-state index < -0.39 is 5.92 Å². The van der Waals surface area contributed by atoms with Crippen molar-refractivity contribution in [2.24, 2.45) is 4.99 Å². The van der Waals surface area contributed by atoms with Crippen LogP contribution in [-0.2, 0) is 0 Å². The third kappa shape index (κ3) is 2.34. The van der Waals surface area contributed by atoms with E-state index in [2.05, 4.69) is 16.9 Å². The molecule has 0 atom stereocenters. The van der Waals surface area contributed by atoms with Gasteiger partial charge in [0.05, 0.1) is 19.6 Å². The topological polar surface area (TPSA) is 27.6 Å². The fourth-order valence-corrected chi connectivity index (χ4v) is 1.38. The molecule has 1 saturated heterocycles. The molecule has 0 aromatic rings. The first-order valence-electron chi connectivity index (χ1n) is 4.15. The van der Waals surface area contributed by atoms with Crippen molar-refractivity contribution in [3.05, 3.63) is 12.2 Å². The normalized spacial score (nSPS) is 24.3. The zero-order valence-corrected chi connectivity index (χ0v) is 9.92.